The second-order valence-corrected chi connectivity index (χ2v) is 11.4. The van der Waals surface area contributed by atoms with Crippen LogP contribution in [0.4, 0.5) is 21.5 Å². The van der Waals surface area contributed by atoms with Gasteiger partial charge in [-0.15, -0.1) is 0 Å². The number of phenols is 1. The monoisotopic (exact) mass is 582 g/mol. The van der Waals surface area contributed by atoms with Crippen LogP contribution in [0, 0.1) is 23.6 Å². The summed E-state index contributed by atoms with van der Waals surface area (Å²) in [4.78, 5) is 28.8. The third-order valence-corrected chi connectivity index (χ3v) is 8.91. The van der Waals surface area contributed by atoms with Gasteiger partial charge in [-0.3, -0.25) is 14.5 Å². The molecule has 43 heavy (non-hydrogen) atoms. The number of nitrogens with zero attached hydrogens (tertiary/aromatic N) is 1. The number of phenolic OH excluding ortho intramolecular Hbond substituents is 1. The fourth-order valence-electron chi connectivity index (χ4n) is 6.77. The number of ether oxygens (including phenoxy) is 1. The summed E-state index contributed by atoms with van der Waals surface area (Å²) < 4.78 is 20.1. The molecule has 1 aliphatic carbocycles. The molecule has 0 spiro atoms. The van der Waals surface area contributed by atoms with Crippen LogP contribution < -0.4 is 10.2 Å². The summed E-state index contributed by atoms with van der Waals surface area (Å²) in [6, 6.07) is 21.4. The molecule has 3 aromatic rings. The Morgan fingerprint density at radius 2 is 1.77 bits per heavy atom. The average molecular weight is 583 g/mol. The van der Waals surface area contributed by atoms with Crippen LogP contribution >= 0.6 is 0 Å². The zero-order valence-electron chi connectivity index (χ0n) is 24.0. The van der Waals surface area contributed by atoms with Crippen LogP contribution in [-0.2, 0) is 14.3 Å². The maximum atomic E-state index is 13.8. The molecule has 6 rings (SSSR count). The molecule has 2 aliphatic heterocycles. The molecule has 3 aromatic carbocycles. The lowest BCUT2D eigenvalue weighted by Gasteiger charge is -2.31. The molecular weight excluding hydrogens is 547 g/mol. The van der Waals surface area contributed by atoms with Crippen molar-refractivity contribution in [3.63, 3.8) is 0 Å². The molecular formula is C35H35FN2O5. The van der Waals surface area contributed by atoms with Crippen molar-refractivity contribution in [1.82, 2.24) is 0 Å². The Morgan fingerprint density at radius 1 is 1.02 bits per heavy atom. The highest BCUT2D eigenvalue weighted by molar-refractivity contribution is 6.22. The first-order valence-corrected chi connectivity index (χ1v) is 14.8. The third kappa shape index (κ3) is 5.60. The smallest absolute Gasteiger partial charge is 0.238 e. The van der Waals surface area contributed by atoms with E-state index in [0.717, 1.165) is 34.5 Å². The highest BCUT2D eigenvalue weighted by Crippen LogP contribution is 2.50. The van der Waals surface area contributed by atoms with E-state index in [9.17, 15) is 24.2 Å². The van der Waals surface area contributed by atoms with Crippen LogP contribution in [0.5, 0.6) is 5.75 Å². The zero-order chi connectivity index (χ0) is 30.1. The summed E-state index contributed by atoms with van der Waals surface area (Å²) in [5.41, 5.74) is 5.85. The van der Waals surface area contributed by atoms with Crippen molar-refractivity contribution in [2.75, 3.05) is 23.4 Å². The molecule has 0 aromatic heterocycles. The average Bonchev–Trinajstić information content (AvgIpc) is 3.55. The summed E-state index contributed by atoms with van der Waals surface area (Å²) in [5.74, 6) is -2.79. The quantitative estimate of drug-likeness (QED) is 0.201. The summed E-state index contributed by atoms with van der Waals surface area (Å²) in [7, 11) is 0. The highest BCUT2D eigenvalue weighted by Gasteiger charge is 2.57. The lowest BCUT2D eigenvalue weighted by Crippen LogP contribution is -2.35. The minimum absolute atomic E-state index is 0.181. The number of imide groups is 1. The number of hydrogen-bond acceptors (Lipinski definition) is 6. The van der Waals surface area contributed by atoms with E-state index in [1.807, 2.05) is 55.5 Å². The molecule has 2 heterocycles. The number of amides is 2. The van der Waals surface area contributed by atoms with Gasteiger partial charge in [-0.1, -0.05) is 42.8 Å². The molecule has 0 radical (unpaired) electrons. The summed E-state index contributed by atoms with van der Waals surface area (Å²) >= 11 is 0. The SMILES string of the molecule is CC/C(=C\c1ccc(O)c(F)c1)CC[C@H]1OC[C@H]2C1=C(CO)C[C@H]1C(=O)N(c3ccc(Nc4ccccc4)cc3)C(=O)[C@H]12. The number of anilines is 3. The Hall–Kier alpha value is -4.27. The molecule has 3 N–H and O–H groups in total. The van der Waals surface area contributed by atoms with E-state index in [4.69, 9.17) is 4.74 Å². The maximum Gasteiger partial charge on any atom is 0.238 e. The number of carbonyl (C=O) groups is 2. The number of hydrogen-bond donors (Lipinski definition) is 3. The van der Waals surface area contributed by atoms with Gasteiger partial charge in [0.25, 0.3) is 0 Å². The first-order chi connectivity index (χ1) is 20.9. The van der Waals surface area contributed by atoms with E-state index >= 15 is 0 Å². The van der Waals surface area contributed by atoms with Crippen molar-refractivity contribution in [1.29, 1.82) is 0 Å². The summed E-state index contributed by atoms with van der Waals surface area (Å²) in [5, 5.41) is 23.1. The normalized spacial score (nSPS) is 23.5. The predicted molar refractivity (Wildman–Crippen MR) is 163 cm³/mol. The lowest BCUT2D eigenvalue weighted by molar-refractivity contribution is -0.122. The van der Waals surface area contributed by atoms with E-state index in [0.29, 0.717) is 37.1 Å². The minimum Gasteiger partial charge on any atom is -0.505 e. The van der Waals surface area contributed by atoms with Crippen LogP contribution in [0.25, 0.3) is 6.08 Å². The number of rotatable bonds is 9. The van der Waals surface area contributed by atoms with E-state index in [-0.39, 0.29) is 36.2 Å². The van der Waals surface area contributed by atoms with Crippen molar-refractivity contribution >= 4 is 35.0 Å². The van der Waals surface area contributed by atoms with Crippen molar-refractivity contribution in [3.05, 3.63) is 101 Å². The fraction of sp³-hybridized carbons (Fsp3) is 0.314. The summed E-state index contributed by atoms with van der Waals surface area (Å²) in [6.45, 7) is 2.18. The van der Waals surface area contributed by atoms with Crippen molar-refractivity contribution in [3.8, 4) is 5.75 Å². The molecule has 222 valence electrons. The standard InChI is InChI=1S/C35H35FN2O5/c1-2-21(16-22-8-14-30(40)29(36)17-22)9-15-31-32-23(19-39)18-27-33(28(32)20-43-31)35(42)38(34(27)41)26-12-10-25(11-13-26)37-24-6-4-3-5-7-24/h3-8,10-14,16-17,27-28,31,33,37,39-40H,2,9,15,18-20H2,1H3/b21-16+/t27-,28+,31-,33-/m1/s1. The Morgan fingerprint density at radius 3 is 2.47 bits per heavy atom. The van der Waals surface area contributed by atoms with Gasteiger partial charge in [0.2, 0.25) is 11.8 Å². The summed E-state index contributed by atoms with van der Waals surface area (Å²) in [6.07, 6.45) is 4.09. The van der Waals surface area contributed by atoms with Gasteiger partial charge in [0.15, 0.2) is 11.6 Å². The third-order valence-electron chi connectivity index (χ3n) is 8.91. The van der Waals surface area contributed by atoms with E-state index in [1.54, 1.807) is 18.2 Å². The molecule has 2 fully saturated rings. The van der Waals surface area contributed by atoms with E-state index in [2.05, 4.69) is 5.32 Å². The molecule has 0 saturated carbocycles. The number of benzene rings is 3. The highest BCUT2D eigenvalue weighted by atomic mass is 19.1. The molecule has 0 unspecified atom stereocenters. The maximum absolute atomic E-state index is 13.8. The lowest BCUT2D eigenvalue weighted by atomic mass is 9.69. The number of fused-ring (bicyclic) bond motifs is 3. The molecule has 0 bridgehead atoms. The van der Waals surface area contributed by atoms with Gasteiger partial charge >= 0.3 is 0 Å². The van der Waals surface area contributed by atoms with E-state index < -0.39 is 17.7 Å². The second-order valence-electron chi connectivity index (χ2n) is 11.4. The number of para-hydroxylation sites is 1. The Balaban J connectivity index is 1.18. The first-order valence-electron chi connectivity index (χ1n) is 14.8. The van der Waals surface area contributed by atoms with Gasteiger partial charge in [-0.05, 0) is 90.9 Å². The number of halogens is 1. The Kier molecular flexibility index (Phi) is 8.15. The van der Waals surface area contributed by atoms with Crippen LogP contribution in [-0.4, -0.2) is 41.3 Å². The van der Waals surface area contributed by atoms with Crippen LogP contribution in [0.2, 0.25) is 0 Å². The molecule has 4 atom stereocenters. The second kappa shape index (κ2) is 12.1. The minimum atomic E-state index is -0.662. The van der Waals surface area contributed by atoms with Crippen LogP contribution in [0.15, 0.2) is 89.5 Å². The Bertz CT molecular complexity index is 1580. The fourth-order valence-corrected chi connectivity index (χ4v) is 6.77. The van der Waals surface area contributed by atoms with E-state index in [1.165, 1.54) is 17.0 Å². The van der Waals surface area contributed by atoms with Gasteiger partial charge in [-0.2, -0.15) is 0 Å². The topological polar surface area (TPSA) is 99.1 Å². The van der Waals surface area contributed by atoms with Crippen LogP contribution in [0.3, 0.4) is 0 Å². The van der Waals surface area contributed by atoms with Gasteiger partial charge in [0.1, 0.15) is 0 Å². The molecule has 8 heteroatoms. The largest absolute Gasteiger partial charge is 0.505 e. The van der Waals surface area contributed by atoms with Crippen molar-refractivity contribution < 1.29 is 28.9 Å². The number of nitrogens with one attached hydrogen (secondary N) is 1. The van der Waals surface area contributed by atoms with Crippen LogP contribution in [0.1, 0.15) is 38.2 Å². The molecule has 3 aliphatic rings. The number of carbonyl (C=O) groups excluding carboxylic acids is 2. The van der Waals surface area contributed by atoms with Gasteiger partial charge in [0.05, 0.1) is 36.8 Å². The van der Waals surface area contributed by atoms with Gasteiger partial charge < -0.3 is 20.3 Å². The number of allylic oxidation sites excluding steroid dienone is 1. The molecule has 2 saturated heterocycles. The number of aliphatic hydroxyl groups excluding tert-OH is 1. The molecule has 2 amide bonds. The van der Waals surface area contributed by atoms with Crippen molar-refractivity contribution in [2.24, 2.45) is 17.8 Å². The zero-order valence-corrected chi connectivity index (χ0v) is 24.0. The number of aromatic hydroxyl groups is 1. The molecule has 7 nitrogen and oxygen atoms in total. The number of aliphatic hydroxyl groups is 1. The Labute approximate surface area is 250 Å². The van der Waals surface area contributed by atoms with Gasteiger partial charge in [-0.25, -0.2) is 4.39 Å². The predicted octanol–water partition coefficient (Wildman–Crippen LogP) is 6.36. The first kappa shape index (κ1) is 28.8. The van der Waals surface area contributed by atoms with Gasteiger partial charge in [0, 0.05) is 17.3 Å². The van der Waals surface area contributed by atoms with Crippen molar-refractivity contribution in [2.45, 2.75) is 38.7 Å².